The lowest BCUT2D eigenvalue weighted by molar-refractivity contribution is -0.118. The normalized spacial score (nSPS) is 38.6. The van der Waals surface area contributed by atoms with Gasteiger partial charge in [-0.1, -0.05) is 0 Å². The average molecular weight is 320 g/mol. The minimum Gasteiger partial charge on any atom is -0.299 e. The summed E-state index contributed by atoms with van der Waals surface area (Å²) < 4.78 is 0. The number of carbonyl (C=O) groups excluding carboxylic acids is 2. The van der Waals surface area contributed by atoms with Gasteiger partial charge in [0, 0.05) is 24.6 Å². The van der Waals surface area contributed by atoms with E-state index in [1.165, 1.54) is 0 Å². The molecule has 0 aromatic heterocycles. The van der Waals surface area contributed by atoms with Crippen LogP contribution in [0, 0.1) is 0 Å². The number of nitrogens with zero attached hydrogens (tertiary/aromatic N) is 2. The molecule has 2 rings (SSSR count). The van der Waals surface area contributed by atoms with Crippen molar-refractivity contribution in [3.05, 3.63) is 0 Å². The van der Waals surface area contributed by atoms with Crippen molar-refractivity contribution in [2.24, 2.45) is 0 Å². The summed E-state index contributed by atoms with van der Waals surface area (Å²) in [6.07, 6.45) is 0.680. The van der Waals surface area contributed by atoms with Crippen LogP contribution in [0.2, 0.25) is 0 Å². The first kappa shape index (κ1) is 16.3. The number of hydrogen-bond acceptors (Lipinski definition) is 8. The highest BCUT2D eigenvalue weighted by atomic mass is 32.1. The third-order valence-corrected chi connectivity index (χ3v) is 4.22. The van der Waals surface area contributed by atoms with Crippen LogP contribution < -0.4 is 0 Å². The molecule has 20 heavy (non-hydrogen) atoms. The minimum absolute atomic E-state index is 0.0607. The first-order valence-electron chi connectivity index (χ1n) is 6.52. The third kappa shape index (κ3) is 3.75. The fraction of sp³-hybridized carbons (Fsp3) is 0.833. The quantitative estimate of drug-likeness (QED) is 0.481. The molecule has 114 valence electrons. The van der Waals surface area contributed by atoms with Gasteiger partial charge in [-0.25, -0.2) is 0 Å². The van der Waals surface area contributed by atoms with Gasteiger partial charge < -0.3 is 0 Å². The molecule has 2 fully saturated rings. The lowest BCUT2D eigenvalue weighted by Crippen LogP contribution is -2.26. The number of ketones is 2. The van der Waals surface area contributed by atoms with Crippen LogP contribution in [0.5, 0.6) is 0 Å². The number of hydrogen-bond donors (Lipinski definition) is 2. The van der Waals surface area contributed by atoms with E-state index in [2.05, 4.69) is 25.3 Å². The number of carbonyl (C=O) groups is 2. The summed E-state index contributed by atoms with van der Waals surface area (Å²) in [6.45, 7) is 5.00. The maximum atomic E-state index is 11.4. The van der Waals surface area contributed by atoms with Crippen LogP contribution >= 0.6 is 25.3 Å². The van der Waals surface area contributed by atoms with Crippen LogP contribution in [0.3, 0.4) is 0 Å². The monoisotopic (exact) mass is 320 g/mol. The van der Waals surface area contributed by atoms with Crippen LogP contribution in [0.4, 0.5) is 0 Å². The van der Waals surface area contributed by atoms with Crippen molar-refractivity contribution in [3.63, 3.8) is 0 Å². The van der Waals surface area contributed by atoms with Gasteiger partial charge in [0.2, 0.25) is 0 Å². The van der Waals surface area contributed by atoms with Crippen LogP contribution in [0.15, 0.2) is 0 Å². The van der Waals surface area contributed by atoms with Crippen molar-refractivity contribution in [2.45, 2.75) is 38.1 Å². The summed E-state index contributed by atoms with van der Waals surface area (Å²) >= 11 is 7.91. The minimum atomic E-state index is -0.507. The molecule has 2 aliphatic heterocycles. The predicted octanol–water partition coefficient (Wildman–Crippen LogP) is 0.691. The van der Waals surface area contributed by atoms with Crippen molar-refractivity contribution < 1.29 is 19.3 Å². The SMILES string of the molecule is CC1(CC(=O)CS)ON1CCN1OC1(C)CC(=O)CS. The summed E-state index contributed by atoms with van der Waals surface area (Å²) in [7, 11) is 0. The molecule has 4 unspecified atom stereocenters. The molecule has 6 nitrogen and oxygen atoms in total. The Kier molecular flexibility index (Phi) is 4.83. The zero-order valence-electron chi connectivity index (χ0n) is 11.7. The number of hydroxylamine groups is 4. The summed E-state index contributed by atoms with van der Waals surface area (Å²) in [5.41, 5.74) is -1.01. The van der Waals surface area contributed by atoms with E-state index in [9.17, 15) is 9.59 Å². The van der Waals surface area contributed by atoms with Crippen LogP contribution in [-0.4, -0.2) is 57.7 Å². The molecule has 0 aromatic rings. The molecule has 2 saturated heterocycles. The molecule has 8 heteroatoms. The first-order valence-corrected chi connectivity index (χ1v) is 7.78. The van der Waals surface area contributed by atoms with Gasteiger partial charge >= 0.3 is 0 Å². The molecule has 0 bridgehead atoms. The van der Waals surface area contributed by atoms with Gasteiger partial charge in [-0.05, 0) is 13.8 Å². The highest BCUT2D eigenvalue weighted by Crippen LogP contribution is 2.40. The van der Waals surface area contributed by atoms with Crippen molar-refractivity contribution >= 4 is 36.8 Å². The van der Waals surface area contributed by atoms with E-state index in [0.29, 0.717) is 25.9 Å². The maximum absolute atomic E-state index is 11.4. The highest BCUT2D eigenvalue weighted by Gasteiger charge is 2.55. The van der Waals surface area contributed by atoms with Crippen molar-refractivity contribution in [1.82, 2.24) is 10.1 Å². The lowest BCUT2D eigenvalue weighted by atomic mass is 10.1. The zero-order chi connectivity index (χ0) is 15.0. The van der Waals surface area contributed by atoms with Gasteiger partial charge in [0.05, 0.1) is 12.8 Å². The fourth-order valence-corrected chi connectivity index (χ4v) is 2.49. The van der Waals surface area contributed by atoms with E-state index in [-0.39, 0.29) is 23.1 Å². The molecule has 0 radical (unpaired) electrons. The number of Topliss-reactive ketones (excluding diaryl/α,β-unsaturated/α-hetero) is 2. The topological polar surface area (TPSA) is 65.2 Å². The Balaban J connectivity index is 1.69. The molecular weight excluding hydrogens is 300 g/mol. The van der Waals surface area contributed by atoms with E-state index in [0.717, 1.165) is 0 Å². The second-order valence-corrected chi connectivity index (χ2v) is 6.12. The molecule has 0 amide bonds. The van der Waals surface area contributed by atoms with Gasteiger partial charge in [-0.3, -0.25) is 19.3 Å². The Labute approximate surface area is 129 Å². The van der Waals surface area contributed by atoms with Crippen molar-refractivity contribution in [2.75, 3.05) is 24.6 Å². The van der Waals surface area contributed by atoms with Crippen LogP contribution in [-0.2, 0) is 19.3 Å². The van der Waals surface area contributed by atoms with Crippen LogP contribution in [0.25, 0.3) is 0 Å². The molecule has 0 N–H and O–H groups in total. The molecular formula is C12H20N2O4S2. The summed E-state index contributed by atoms with van der Waals surface area (Å²) in [6, 6.07) is 0. The second-order valence-electron chi connectivity index (χ2n) is 5.48. The first-order chi connectivity index (χ1) is 9.33. The van der Waals surface area contributed by atoms with Crippen molar-refractivity contribution in [3.8, 4) is 0 Å². The highest BCUT2D eigenvalue weighted by molar-refractivity contribution is 7.81. The molecule has 0 spiro atoms. The molecule has 2 aliphatic rings. The Morgan fingerprint density at radius 1 is 0.900 bits per heavy atom. The average Bonchev–Trinajstić information content (AvgIpc) is 3.23. The van der Waals surface area contributed by atoms with E-state index < -0.39 is 11.4 Å². The van der Waals surface area contributed by atoms with Gasteiger partial charge in [0.1, 0.15) is 11.6 Å². The molecule has 2 heterocycles. The molecule has 4 atom stereocenters. The Morgan fingerprint density at radius 3 is 1.55 bits per heavy atom. The maximum Gasteiger partial charge on any atom is 0.169 e. The van der Waals surface area contributed by atoms with Crippen LogP contribution in [0.1, 0.15) is 26.7 Å². The summed E-state index contributed by atoms with van der Waals surface area (Å²) in [4.78, 5) is 33.6. The lowest BCUT2D eigenvalue weighted by Gasteiger charge is -2.06. The summed E-state index contributed by atoms with van der Waals surface area (Å²) in [5.74, 6) is 0.578. The largest absolute Gasteiger partial charge is 0.299 e. The molecule has 0 aromatic carbocycles. The van der Waals surface area contributed by atoms with E-state index >= 15 is 0 Å². The van der Waals surface area contributed by atoms with E-state index in [1.54, 1.807) is 10.1 Å². The molecule has 0 saturated carbocycles. The Bertz CT molecular complexity index is 384. The van der Waals surface area contributed by atoms with Gasteiger partial charge in [-0.15, -0.1) is 0 Å². The predicted molar refractivity (Wildman–Crippen MR) is 79.3 cm³/mol. The van der Waals surface area contributed by atoms with E-state index in [4.69, 9.17) is 9.68 Å². The second kappa shape index (κ2) is 5.94. The van der Waals surface area contributed by atoms with E-state index in [1.807, 2.05) is 13.8 Å². The Hall–Kier alpha value is -0.120. The smallest absolute Gasteiger partial charge is 0.169 e. The third-order valence-electron chi connectivity index (χ3n) is 3.51. The number of thiol groups is 2. The van der Waals surface area contributed by atoms with Crippen molar-refractivity contribution in [1.29, 1.82) is 0 Å². The van der Waals surface area contributed by atoms with Gasteiger partial charge in [0.15, 0.2) is 11.4 Å². The Morgan fingerprint density at radius 2 is 1.25 bits per heavy atom. The van der Waals surface area contributed by atoms with Gasteiger partial charge in [-0.2, -0.15) is 35.4 Å². The standard InChI is InChI=1S/C12H20N2O4S2/c1-11(5-9(15)7-19)13(17-11)3-4-14-12(2,18-14)6-10(16)8-20/h19-20H,3-8H2,1-2H3. The summed E-state index contributed by atoms with van der Waals surface area (Å²) in [5, 5.41) is 3.52. The fourth-order valence-electron chi connectivity index (χ4n) is 2.26. The molecule has 0 aliphatic carbocycles. The zero-order valence-corrected chi connectivity index (χ0v) is 13.5. The van der Waals surface area contributed by atoms with Gasteiger partial charge in [0.25, 0.3) is 0 Å². The number of rotatable bonds is 9.